The highest BCUT2D eigenvalue weighted by atomic mass is 32.2. The van der Waals surface area contributed by atoms with E-state index in [1.807, 2.05) is 26.8 Å². The molecule has 0 aliphatic rings. The fourth-order valence-corrected chi connectivity index (χ4v) is 3.93. The number of carbonyl (C=O) groups is 1. The highest BCUT2D eigenvalue weighted by Crippen LogP contribution is 2.29. The Morgan fingerprint density at radius 1 is 0.968 bits per heavy atom. The van der Waals surface area contributed by atoms with Crippen molar-refractivity contribution in [3.63, 3.8) is 0 Å². The summed E-state index contributed by atoms with van der Waals surface area (Å²) in [6.45, 7) is 5.87. The van der Waals surface area contributed by atoms with Crippen LogP contribution in [0.5, 0.6) is 17.2 Å². The standard InChI is InChI=1S/C22H30N2O6S/c1-15(2)13-23-31(26,27)19-9-7-18(8-10-19)30-14-22(25)24-16(3)17-6-11-20(28-4)21(12-17)29-5/h6-12,15-16,23H,13-14H2,1-5H3,(H,24,25)/t16-/m0/s1. The van der Waals surface area contributed by atoms with Gasteiger partial charge in [0.25, 0.3) is 5.91 Å². The summed E-state index contributed by atoms with van der Waals surface area (Å²) in [4.78, 5) is 12.4. The smallest absolute Gasteiger partial charge is 0.258 e. The topological polar surface area (TPSA) is 103 Å². The lowest BCUT2D eigenvalue weighted by atomic mass is 10.1. The highest BCUT2D eigenvalue weighted by molar-refractivity contribution is 7.89. The zero-order valence-corrected chi connectivity index (χ0v) is 19.3. The molecule has 2 N–H and O–H groups in total. The molecule has 0 fully saturated rings. The van der Waals surface area contributed by atoms with Gasteiger partial charge >= 0.3 is 0 Å². The number of hydrogen-bond acceptors (Lipinski definition) is 6. The number of carbonyl (C=O) groups excluding carboxylic acids is 1. The van der Waals surface area contributed by atoms with Crippen LogP contribution < -0.4 is 24.2 Å². The molecule has 2 aromatic rings. The Hall–Kier alpha value is -2.78. The van der Waals surface area contributed by atoms with Gasteiger partial charge in [-0.15, -0.1) is 0 Å². The van der Waals surface area contributed by atoms with Crippen LogP contribution in [0.3, 0.4) is 0 Å². The summed E-state index contributed by atoms with van der Waals surface area (Å²) in [5.74, 6) is 1.49. The maximum Gasteiger partial charge on any atom is 0.258 e. The summed E-state index contributed by atoms with van der Waals surface area (Å²) in [7, 11) is -0.454. The SMILES string of the molecule is COc1ccc([C@H](C)NC(=O)COc2ccc(S(=O)(=O)NCC(C)C)cc2)cc1OC. The van der Waals surface area contributed by atoms with Gasteiger partial charge in [0.15, 0.2) is 18.1 Å². The van der Waals surface area contributed by atoms with Gasteiger partial charge in [0.05, 0.1) is 25.2 Å². The Kier molecular flexibility index (Phi) is 8.70. The van der Waals surface area contributed by atoms with E-state index in [9.17, 15) is 13.2 Å². The molecule has 9 heteroatoms. The average molecular weight is 451 g/mol. The zero-order valence-electron chi connectivity index (χ0n) is 18.5. The van der Waals surface area contributed by atoms with Crippen molar-refractivity contribution in [3.05, 3.63) is 48.0 Å². The van der Waals surface area contributed by atoms with E-state index in [1.54, 1.807) is 26.4 Å². The number of amides is 1. The van der Waals surface area contributed by atoms with Crippen LogP contribution in [0, 0.1) is 5.92 Å². The maximum absolute atomic E-state index is 12.3. The second-order valence-corrected chi connectivity index (χ2v) is 9.18. The van der Waals surface area contributed by atoms with Crippen LogP contribution in [0.15, 0.2) is 47.4 Å². The van der Waals surface area contributed by atoms with Gasteiger partial charge in [-0.2, -0.15) is 0 Å². The normalized spacial score (nSPS) is 12.3. The van der Waals surface area contributed by atoms with Gasteiger partial charge in [-0.25, -0.2) is 13.1 Å². The Balaban J connectivity index is 1.91. The lowest BCUT2D eigenvalue weighted by Gasteiger charge is -2.17. The number of nitrogens with one attached hydrogen (secondary N) is 2. The molecule has 0 aliphatic carbocycles. The predicted molar refractivity (Wildman–Crippen MR) is 118 cm³/mol. The van der Waals surface area contributed by atoms with Crippen molar-refractivity contribution in [1.82, 2.24) is 10.0 Å². The lowest BCUT2D eigenvalue weighted by Crippen LogP contribution is -2.31. The van der Waals surface area contributed by atoms with E-state index < -0.39 is 10.0 Å². The summed E-state index contributed by atoms with van der Waals surface area (Å²) in [6, 6.07) is 11.1. The quantitative estimate of drug-likeness (QED) is 0.546. The first-order valence-corrected chi connectivity index (χ1v) is 11.4. The van der Waals surface area contributed by atoms with E-state index in [-0.39, 0.29) is 29.4 Å². The van der Waals surface area contributed by atoms with Gasteiger partial charge in [-0.3, -0.25) is 4.79 Å². The zero-order chi connectivity index (χ0) is 23.0. The van der Waals surface area contributed by atoms with Gasteiger partial charge in [-0.05, 0) is 54.8 Å². The first kappa shape index (κ1) is 24.5. The van der Waals surface area contributed by atoms with Gasteiger partial charge in [-0.1, -0.05) is 19.9 Å². The third-order valence-corrected chi connectivity index (χ3v) is 5.91. The summed E-state index contributed by atoms with van der Waals surface area (Å²) in [5, 5.41) is 2.85. The molecule has 0 aromatic heterocycles. The molecule has 0 aliphatic heterocycles. The highest BCUT2D eigenvalue weighted by Gasteiger charge is 2.15. The summed E-state index contributed by atoms with van der Waals surface area (Å²) >= 11 is 0. The number of benzene rings is 2. The van der Waals surface area contributed by atoms with Gasteiger partial charge in [0.1, 0.15) is 5.75 Å². The Bertz CT molecular complexity index is 974. The van der Waals surface area contributed by atoms with E-state index in [4.69, 9.17) is 14.2 Å². The van der Waals surface area contributed by atoms with E-state index >= 15 is 0 Å². The van der Waals surface area contributed by atoms with Crippen molar-refractivity contribution in [1.29, 1.82) is 0 Å². The van der Waals surface area contributed by atoms with Gasteiger partial charge in [0, 0.05) is 6.54 Å². The van der Waals surface area contributed by atoms with Crippen LogP contribution in [0.4, 0.5) is 0 Å². The van der Waals surface area contributed by atoms with Crippen LogP contribution in [-0.4, -0.2) is 41.7 Å². The molecule has 2 aromatic carbocycles. The molecule has 0 unspecified atom stereocenters. The van der Waals surface area contributed by atoms with Crippen molar-refractivity contribution in [2.45, 2.75) is 31.7 Å². The molecule has 0 saturated heterocycles. The lowest BCUT2D eigenvalue weighted by molar-refractivity contribution is -0.123. The van der Waals surface area contributed by atoms with E-state index in [1.165, 1.54) is 24.3 Å². The molecule has 0 heterocycles. The molecule has 1 atom stereocenters. The minimum Gasteiger partial charge on any atom is -0.493 e. The second kappa shape index (κ2) is 11.0. The molecular formula is C22H30N2O6S. The van der Waals surface area contributed by atoms with Crippen molar-refractivity contribution >= 4 is 15.9 Å². The second-order valence-electron chi connectivity index (χ2n) is 7.41. The third kappa shape index (κ3) is 7.15. The first-order valence-electron chi connectivity index (χ1n) is 9.90. The number of sulfonamides is 1. The monoisotopic (exact) mass is 450 g/mol. The summed E-state index contributed by atoms with van der Waals surface area (Å²) in [6.07, 6.45) is 0. The molecule has 1 amide bonds. The number of methoxy groups -OCH3 is 2. The molecule has 0 spiro atoms. The van der Waals surface area contributed by atoms with Crippen molar-refractivity contribution in [2.75, 3.05) is 27.4 Å². The van der Waals surface area contributed by atoms with E-state index in [0.717, 1.165) is 5.56 Å². The first-order chi connectivity index (χ1) is 14.7. The van der Waals surface area contributed by atoms with Crippen molar-refractivity contribution in [2.24, 2.45) is 5.92 Å². The van der Waals surface area contributed by atoms with Crippen LogP contribution in [-0.2, 0) is 14.8 Å². The van der Waals surface area contributed by atoms with E-state index in [2.05, 4.69) is 10.0 Å². The summed E-state index contributed by atoms with van der Waals surface area (Å²) < 4.78 is 43.0. The van der Waals surface area contributed by atoms with Crippen molar-refractivity contribution < 1.29 is 27.4 Å². The van der Waals surface area contributed by atoms with Crippen molar-refractivity contribution in [3.8, 4) is 17.2 Å². The Morgan fingerprint density at radius 2 is 1.61 bits per heavy atom. The predicted octanol–water partition coefficient (Wildman–Crippen LogP) is 2.89. The largest absolute Gasteiger partial charge is 0.493 e. The Morgan fingerprint density at radius 3 is 2.19 bits per heavy atom. The number of hydrogen-bond donors (Lipinski definition) is 2. The van der Waals surface area contributed by atoms with Crippen LogP contribution in [0.2, 0.25) is 0 Å². The molecule has 31 heavy (non-hydrogen) atoms. The minimum atomic E-state index is -3.56. The van der Waals surface area contributed by atoms with Crippen LogP contribution in [0.25, 0.3) is 0 Å². The van der Waals surface area contributed by atoms with E-state index in [0.29, 0.717) is 23.8 Å². The molecule has 8 nitrogen and oxygen atoms in total. The minimum absolute atomic E-state index is 0.145. The maximum atomic E-state index is 12.3. The van der Waals surface area contributed by atoms with Crippen LogP contribution >= 0.6 is 0 Å². The van der Waals surface area contributed by atoms with Crippen LogP contribution in [0.1, 0.15) is 32.4 Å². The molecule has 0 radical (unpaired) electrons. The molecule has 170 valence electrons. The molecule has 0 saturated carbocycles. The third-order valence-electron chi connectivity index (χ3n) is 4.47. The Labute approximate surface area is 184 Å². The van der Waals surface area contributed by atoms with Gasteiger partial charge < -0.3 is 19.5 Å². The summed E-state index contributed by atoms with van der Waals surface area (Å²) in [5.41, 5.74) is 0.856. The van der Waals surface area contributed by atoms with Gasteiger partial charge in [0.2, 0.25) is 10.0 Å². The molecule has 0 bridgehead atoms. The average Bonchev–Trinajstić information content (AvgIpc) is 2.76. The fourth-order valence-electron chi connectivity index (χ4n) is 2.71. The number of rotatable bonds is 11. The molecule has 2 rings (SSSR count). The molecular weight excluding hydrogens is 420 g/mol. The fraction of sp³-hybridized carbons (Fsp3) is 0.409. The number of ether oxygens (including phenoxy) is 3.